The summed E-state index contributed by atoms with van der Waals surface area (Å²) < 4.78 is 19.9. The summed E-state index contributed by atoms with van der Waals surface area (Å²) >= 11 is 0. The van der Waals surface area contributed by atoms with Gasteiger partial charge in [-0.1, -0.05) is 36.7 Å². The van der Waals surface area contributed by atoms with E-state index in [2.05, 4.69) is 78.7 Å². The van der Waals surface area contributed by atoms with Gasteiger partial charge >= 0.3 is 0 Å². The highest BCUT2D eigenvalue weighted by molar-refractivity contribution is 6.85. The van der Waals surface area contributed by atoms with Crippen LogP contribution in [0.4, 0.5) is 0 Å². The van der Waals surface area contributed by atoms with Gasteiger partial charge in [0.2, 0.25) is 30.5 Å². The van der Waals surface area contributed by atoms with Crippen molar-refractivity contribution >= 4 is 33.0 Å². The van der Waals surface area contributed by atoms with Crippen LogP contribution in [0.1, 0.15) is 0 Å². The lowest BCUT2D eigenvalue weighted by atomic mass is 11.3. The van der Waals surface area contributed by atoms with Crippen LogP contribution in [0.25, 0.3) is 0 Å². The molecule has 0 atom stereocenters. The van der Waals surface area contributed by atoms with Crippen LogP contribution in [0, 0.1) is 0 Å². The SMILES string of the molecule is C=C[Si](C)(C)OC(O[Si](C)(C)C=C)(O[Si](C)(C)C=C)[Si](C)(C)C. The molecule has 0 spiro atoms. The normalized spacial score (nSPS) is 14.5. The highest BCUT2D eigenvalue weighted by Gasteiger charge is 2.54. The fraction of sp³-hybridized carbons (Fsp3) is 0.625. The van der Waals surface area contributed by atoms with Gasteiger partial charge in [0.1, 0.15) is 0 Å². The van der Waals surface area contributed by atoms with E-state index in [1.807, 2.05) is 17.1 Å². The average Bonchev–Trinajstić information content (AvgIpc) is 2.36. The van der Waals surface area contributed by atoms with Gasteiger partial charge in [-0.05, 0) is 39.3 Å². The standard InChI is InChI=1S/C16H36O3Si4/c1-13-21(7,8)17-16(20(4,5)6,18-22(9,10)14-2)19-23(11,12)15-3/h13-15H,1-3H2,4-12H3. The molecule has 0 aliphatic heterocycles. The summed E-state index contributed by atoms with van der Waals surface area (Å²) in [6, 6.07) is 0. The van der Waals surface area contributed by atoms with Crippen molar-refractivity contribution in [3.05, 3.63) is 36.8 Å². The molecule has 0 radical (unpaired) electrons. The highest BCUT2D eigenvalue weighted by Crippen LogP contribution is 2.37. The maximum absolute atomic E-state index is 6.63. The van der Waals surface area contributed by atoms with Crippen LogP contribution < -0.4 is 0 Å². The van der Waals surface area contributed by atoms with Gasteiger partial charge in [0, 0.05) is 0 Å². The maximum Gasteiger partial charge on any atom is 0.228 e. The molecule has 0 fully saturated rings. The van der Waals surface area contributed by atoms with Crippen LogP contribution in [-0.2, 0) is 13.3 Å². The molecule has 0 aromatic rings. The summed E-state index contributed by atoms with van der Waals surface area (Å²) in [5.41, 5.74) is 4.80. The molecule has 0 amide bonds. The summed E-state index contributed by atoms with van der Waals surface area (Å²) in [6.07, 6.45) is 0. The molecule has 0 saturated heterocycles. The van der Waals surface area contributed by atoms with Crippen molar-refractivity contribution in [3.8, 4) is 0 Å². The Bertz CT molecular complexity index is 396. The zero-order valence-corrected chi connectivity index (χ0v) is 20.6. The van der Waals surface area contributed by atoms with Crippen LogP contribution >= 0.6 is 0 Å². The third-order valence-electron chi connectivity index (χ3n) is 3.59. The molecule has 0 aromatic heterocycles. The quantitative estimate of drug-likeness (QED) is 0.372. The molecule has 134 valence electrons. The Morgan fingerprint density at radius 2 is 0.783 bits per heavy atom. The van der Waals surface area contributed by atoms with E-state index < -0.39 is 38.6 Å². The third kappa shape index (κ3) is 6.77. The smallest absolute Gasteiger partial charge is 0.228 e. The van der Waals surface area contributed by atoms with Crippen LogP contribution in [-0.4, -0.2) is 38.6 Å². The molecule has 0 aliphatic rings. The lowest BCUT2D eigenvalue weighted by molar-refractivity contribution is -0.209. The minimum atomic E-state index is -2.12. The van der Waals surface area contributed by atoms with Crippen molar-refractivity contribution in [2.45, 2.75) is 64.5 Å². The second kappa shape index (κ2) is 7.47. The van der Waals surface area contributed by atoms with E-state index in [1.54, 1.807) is 0 Å². The highest BCUT2D eigenvalue weighted by atomic mass is 28.4. The van der Waals surface area contributed by atoms with Crippen LogP contribution in [0.5, 0.6) is 0 Å². The van der Waals surface area contributed by atoms with Gasteiger partial charge in [0.25, 0.3) is 0 Å². The Morgan fingerprint density at radius 3 is 0.913 bits per heavy atom. The van der Waals surface area contributed by atoms with E-state index in [0.717, 1.165) is 0 Å². The van der Waals surface area contributed by atoms with Crippen LogP contribution in [0.2, 0.25) is 58.9 Å². The van der Waals surface area contributed by atoms with E-state index in [-0.39, 0.29) is 0 Å². The van der Waals surface area contributed by atoms with Crippen molar-refractivity contribution in [2.24, 2.45) is 0 Å². The number of hydrogen-bond donors (Lipinski definition) is 0. The predicted molar refractivity (Wildman–Crippen MR) is 112 cm³/mol. The second-order valence-electron chi connectivity index (χ2n) is 8.54. The van der Waals surface area contributed by atoms with E-state index in [4.69, 9.17) is 13.3 Å². The topological polar surface area (TPSA) is 27.7 Å². The van der Waals surface area contributed by atoms with E-state index in [9.17, 15) is 0 Å². The summed E-state index contributed by atoms with van der Waals surface area (Å²) in [5, 5.41) is 0. The molecule has 0 rings (SSSR count). The molecule has 0 bridgehead atoms. The Hall–Kier alpha value is -0.0325. The minimum Gasteiger partial charge on any atom is -0.371 e. The van der Waals surface area contributed by atoms with Gasteiger partial charge in [-0.3, -0.25) is 0 Å². The van der Waals surface area contributed by atoms with E-state index in [1.165, 1.54) is 0 Å². The van der Waals surface area contributed by atoms with Gasteiger partial charge in [0.05, 0.1) is 0 Å². The monoisotopic (exact) mass is 388 g/mol. The molecule has 0 unspecified atom stereocenters. The van der Waals surface area contributed by atoms with E-state index in [0.29, 0.717) is 0 Å². The first-order valence-electron chi connectivity index (χ1n) is 8.07. The van der Waals surface area contributed by atoms with E-state index >= 15 is 0 Å². The molecule has 0 aromatic carbocycles. The van der Waals surface area contributed by atoms with Gasteiger partial charge in [0.15, 0.2) is 8.07 Å². The zero-order valence-electron chi connectivity index (χ0n) is 16.6. The maximum atomic E-state index is 6.63. The minimum absolute atomic E-state index is 0.995. The van der Waals surface area contributed by atoms with Crippen LogP contribution in [0.3, 0.4) is 0 Å². The molecule has 3 nitrogen and oxygen atoms in total. The van der Waals surface area contributed by atoms with Crippen molar-refractivity contribution < 1.29 is 13.3 Å². The molecule has 7 heteroatoms. The second-order valence-corrected chi connectivity index (χ2v) is 25.1. The van der Waals surface area contributed by atoms with Gasteiger partial charge in [-0.2, -0.15) is 0 Å². The Kier molecular flexibility index (Phi) is 7.45. The molecular weight excluding hydrogens is 353 g/mol. The van der Waals surface area contributed by atoms with Gasteiger partial charge in [-0.15, -0.1) is 19.7 Å². The van der Waals surface area contributed by atoms with Crippen molar-refractivity contribution in [1.82, 2.24) is 0 Å². The third-order valence-corrected chi connectivity index (χ3v) is 11.7. The molecule has 23 heavy (non-hydrogen) atoms. The summed E-state index contributed by atoms with van der Waals surface area (Å²) in [4.78, 5) is 0. The first kappa shape index (κ1) is 23.0. The Balaban J connectivity index is 6.19. The predicted octanol–water partition coefficient (Wildman–Crippen LogP) is 5.36. The molecule has 0 N–H and O–H groups in total. The van der Waals surface area contributed by atoms with Crippen LogP contribution in [0.15, 0.2) is 36.8 Å². The average molecular weight is 389 g/mol. The summed E-state index contributed by atoms with van der Waals surface area (Å²) in [6.45, 7) is 31.2. The van der Waals surface area contributed by atoms with Crippen molar-refractivity contribution in [2.75, 3.05) is 0 Å². The summed E-state index contributed by atoms with van der Waals surface area (Å²) in [7, 11) is -8.39. The van der Waals surface area contributed by atoms with Crippen molar-refractivity contribution in [3.63, 3.8) is 0 Å². The number of rotatable bonds is 10. The molecule has 0 saturated carbocycles. The molecule has 0 heterocycles. The molecule has 0 aliphatic carbocycles. The lowest BCUT2D eigenvalue weighted by Gasteiger charge is -2.51. The lowest BCUT2D eigenvalue weighted by Crippen LogP contribution is -2.67. The first-order valence-corrected chi connectivity index (χ1v) is 20.5. The largest absolute Gasteiger partial charge is 0.371 e. The van der Waals surface area contributed by atoms with Crippen molar-refractivity contribution in [1.29, 1.82) is 0 Å². The summed E-state index contributed by atoms with van der Waals surface area (Å²) in [5.74, 6) is 0. The van der Waals surface area contributed by atoms with Gasteiger partial charge in [-0.25, -0.2) is 0 Å². The molecular formula is C16H36O3Si4. The Morgan fingerprint density at radius 1 is 0.565 bits per heavy atom. The fourth-order valence-corrected chi connectivity index (χ4v) is 10.6. The first-order chi connectivity index (χ1) is 10.1. The Labute approximate surface area is 147 Å². The van der Waals surface area contributed by atoms with Gasteiger partial charge < -0.3 is 13.3 Å². The number of hydrogen-bond acceptors (Lipinski definition) is 3. The fourth-order valence-electron chi connectivity index (χ4n) is 1.69. The zero-order chi connectivity index (χ0) is 18.7.